The fraction of sp³-hybridized carbons (Fsp3) is 0.250. The molecule has 0 radical (unpaired) electrons. The minimum Gasteiger partial charge on any atom is -0.281 e. The van der Waals surface area contributed by atoms with Gasteiger partial charge in [0, 0.05) is 6.54 Å². The first-order chi connectivity index (χ1) is 9.31. The lowest BCUT2D eigenvalue weighted by molar-refractivity contribution is 0.506. The lowest BCUT2D eigenvalue weighted by atomic mass is 10.2. The molecule has 108 valence electrons. The standard InChI is InChI=1S/C12H13F2N3O2S/c1-7-12(8(2)17-16-7)20(18,19)15-6-9-3-4-10(13)11(14)5-9/h3-5,15H,6H2,1-2H3,(H,16,17). The van der Waals surface area contributed by atoms with Gasteiger partial charge in [0.2, 0.25) is 10.0 Å². The van der Waals surface area contributed by atoms with Crippen LogP contribution < -0.4 is 4.72 Å². The molecule has 2 N–H and O–H groups in total. The van der Waals surface area contributed by atoms with Crippen LogP contribution in [0.4, 0.5) is 8.78 Å². The lowest BCUT2D eigenvalue weighted by Gasteiger charge is -2.07. The monoisotopic (exact) mass is 301 g/mol. The Morgan fingerprint density at radius 1 is 1.25 bits per heavy atom. The molecule has 0 amide bonds. The number of nitrogens with one attached hydrogen (secondary N) is 2. The van der Waals surface area contributed by atoms with Crippen LogP contribution in [0.5, 0.6) is 0 Å². The summed E-state index contributed by atoms with van der Waals surface area (Å²) in [6.07, 6.45) is 0. The molecule has 0 unspecified atom stereocenters. The largest absolute Gasteiger partial charge is 0.281 e. The van der Waals surface area contributed by atoms with E-state index in [2.05, 4.69) is 14.9 Å². The summed E-state index contributed by atoms with van der Waals surface area (Å²) < 4.78 is 52.4. The molecule has 0 bridgehead atoms. The van der Waals surface area contributed by atoms with E-state index in [1.165, 1.54) is 6.07 Å². The topological polar surface area (TPSA) is 74.8 Å². The van der Waals surface area contributed by atoms with Crippen molar-refractivity contribution in [3.8, 4) is 0 Å². The fourth-order valence-corrected chi connectivity index (χ4v) is 3.22. The Hall–Kier alpha value is -1.80. The summed E-state index contributed by atoms with van der Waals surface area (Å²) in [5.41, 5.74) is 1.09. The van der Waals surface area contributed by atoms with Crippen molar-refractivity contribution >= 4 is 10.0 Å². The van der Waals surface area contributed by atoms with Gasteiger partial charge in [-0.05, 0) is 31.5 Å². The van der Waals surface area contributed by atoms with Crippen molar-refractivity contribution in [2.24, 2.45) is 0 Å². The van der Waals surface area contributed by atoms with Crippen LogP contribution in [0.2, 0.25) is 0 Å². The molecule has 2 rings (SSSR count). The minimum atomic E-state index is -3.76. The van der Waals surface area contributed by atoms with Gasteiger partial charge in [-0.2, -0.15) is 5.10 Å². The molecule has 0 saturated carbocycles. The predicted molar refractivity (Wildman–Crippen MR) is 68.4 cm³/mol. The molecule has 1 heterocycles. The number of nitrogens with zero attached hydrogens (tertiary/aromatic N) is 1. The summed E-state index contributed by atoms with van der Waals surface area (Å²) in [5.74, 6) is -1.99. The van der Waals surface area contributed by atoms with E-state index in [-0.39, 0.29) is 11.4 Å². The van der Waals surface area contributed by atoms with E-state index in [9.17, 15) is 17.2 Å². The van der Waals surface area contributed by atoms with Gasteiger partial charge >= 0.3 is 0 Å². The Bertz CT molecular complexity index is 722. The van der Waals surface area contributed by atoms with Crippen LogP contribution in [0, 0.1) is 25.5 Å². The quantitative estimate of drug-likeness (QED) is 0.904. The number of H-pyrrole nitrogens is 1. The van der Waals surface area contributed by atoms with Gasteiger partial charge in [-0.15, -0.1) is 0 Å². The van der Waals surface area contributed by atoms with Crippen LogP contribution in [0.25, 0.3) is 0 Å². The maximum absolute atomic E-state index is 13.0. The van der Waals surface area contributed by atoms with Crippen LogP contribution in [0.3, 0.4) is 0 Å². The highest BCUT2D eigenvalue weighted by molar-refractivity contribution is 7.89. The summed E-state index contributed by atoms with van der Waals surface area (Å²) >= 11 is 0. The fourth-order valence-electron chi connectivity index (χ4n) is 1.84. The summed E-state index contributed by atoms with van der Waals surface area (Å²) in [6, 6.07) is 3.22. The first-order valence-corrected chi connectivity index (χ1v) is 7.25. The average molecular weight is 301 g/mol. The molecule has 0 spiro atoms. The summed E-state index contributed by atoms with van der Waals surface area (Å²) in [5, 5.41) is 6.39. The van der Waals surface area contributed by atoms with Crippen LogP contribution in [-0.4, -0.2) is 18.6 Å². The molecular formula is C12H13F2N3O2S. The molecule has 5 nitrogen and oxygen atoms in total. The highest BCUT2D eigenvalue weighted by Gasteiger charge is 2.21. The second kappa shape index (κ2) is 5.29. The Labute approximate surface area is 115 Å². The lowest BCUT2D eigenvalue weighted by Crippen LogP contribution is -2.24. The highest BCUT2D eigenvalue weighted by atomic mass is 32.2. The number of rotatable bonds is 4. The van der Waals surface area contributed by atoms with E-state index in [0.717, 1.165) is 12.1 Å². The molecule has 0 fully saturated rings. The SMILES string of the molecule is Cc1n[nH]c(C)c1S(=O)(=O)NCc1ccc(F)c(F)c1. The second-order valence-corrected chi connectivity index (χ2v) is 6.04. The molecule has 20 heavy (non-hydrogen) atoms. The Balaban J connectivity index is 2.19. The summed E-state index contributed by atoms with van der Waals surface area (Å²) in [6.45, 7) is 3.02. The number of aromatic nitrogens is 2. The zero-order valence-electron chi connectivity index (χ0n) is 10.9. The Morgan fingerprint density at radius 3 is 2.50 bits per heavy atom. The summed E-state index contributed by atoms with van der Waals surface area (Å²) in [7, 11) is -3.76. The molecule has 2 aromatic rings. The molecule has 0 saturated heterocycles. The molecule has 0 atom stereocenters. The van der Waals surface area contributed by atoms with Gasteiger partial charge < -0.3 is 0 Å². The van der Waals surface area contributed by atoms with Crippen molar-refractivity contribution in [1.29, 1.82) is 0 Å². The molecular weight excluding hydrogens is 288 g/mol. The number of benzene rings is 1. The first-order valence-electron chi connectivity index (χ1n) is 5.76. The van der Waals surface area contributed by atoms with Crippen LogP contribution >= 0.6 is 0 Å². The number of sulfonamides is 1. The zero-order chi connectivity index (χ0) is 14.9. The van der Waals surface area contributed by atoms with E-state index >= 15 is 0 Å². The van der Waals surface area contributed by atoms with E-state index in [1.54, 1.807) is 13.8 Å². The third-order valence-electron chi connectivity index (χ3n) is 2.78. The number of halogens is 2. The van der Waals surface area contributed by atoms with Gasteiger partial charge in [-0.25, -0.2) is 21.9 Å². The van der Waals surface area contributed by atoms with Gasteiger partial charge in [0.15, 0.2) is 11.6 Å². The summed E-state index contributed by atoms with van der Waals surface area (Å²) in [4.78, 5) is 0.0695. The van der Waals surface area contributed by atoms with Crippen molar-refractivity contribution in [2.45, 2.75) is 25.3 Å². The number of hydrogen-bond acceptors (Lipinski definition) is 3. The van der Waals surface area contributed by atoms with E-state index < -0.39 is 21.7 Å². The van der Waals surface area contributed by atoms with Crippen molar-refractivity contribution in [2.75, 3.05) is 0 Å². The molecule has 1 aromatic carbocycles. The van der Waals surface area contributed by atoms with E-state index in [0.29, 0.717) is 17.0 Å². The van der Waals surface area contributed by atoms with E-state index in [4.69, 9.17) is 0 Å². The minimum absolute atomic E-state index is 0.0695. The van der Waals surface area contributed by atoms with Crippen LogP contribution in [-0.2, 0) is 16.6 Å². The van der Waals surface area contributed by atoms with Gasteiger partial charge in [0.05, 0.1) is 11.4 Å². The molecule has 0 aliphatic heterocycles. The third kappa shape index (κ3) is 2.86. The second-order valence-electron chi connectivity index (χ2n) is 4.34. The van der Waals surface area contributed by atoms with Crippen molar-refractivity contribution in [3.05, 3.63) is 46.8 Å². The van der Waals surface area contributed by atoms with Crippen molar-refractivity contribution < 1.29 is 17.2 Å². The predicted octanol–water partition coefficient (Wildman–Crippen LogP) is 1.78. The van der Waals surface area contributed by atoms with Gasteiger partial charge in [0.1, 0.15) is 4.90 Å². The molecule has 0 aliphatic carbocycles. The number of aryl methyl sites for hydroxylation is 2. The smallest absolute Gasteiger partial charge is 0.244 e. The molecule has 1 aromatic heterocycles. The molecule has 0 aliphatic rings. The van der Waals surface area contributed by atoms with E-state index in [1.807, 2.05) is 0 Å². The van der Waals surface area contributed by atoms with Crippen molar-refractivity contribution in [1.82, 2.24) is 14.9 Å². The third-order valence-corrected chi connectivity index (χ3v) is 4.44. The van der Waals surface area contributed by atoms with Gasteiger partial charge in [-0.3, -0.25) is 5.10 Å². The highest BCUT2D eigenvalue weighted by Crippen LogP contribution is 2.17. The van der Waals surface area contributed by atoms with Crippen LogP contribution in [0.1, 0.15) is 17.0 Å². The zero-order valence-corrected chi connectivity index (χ0v) is 11.7. The Morgan fingerprint density at radius 2 is 1.95 bits per heavy atom. The van der Waals surface area contributed by atoms with Crippen molar-refractivity contribution in [3.63, 3.8) is 0 Å². The normalized spacial score (nSPS) is 11.8. The number of hydrogen-bond donors (Lipinski definition) is 2. The van der Waals surface area contributed by atoms with Gasteiger partial charge in [0.25, 0.3) is 0 Å². The van der Waals surface area contributed by atoms with Gasteiger partial charge in [-0.1, -0.05) is 6.07 Å². The maximum Gasteiger partial charge on any atom is 0.244 e. The van der Waals surface area contributed by atoms with Crippen LogP contribution in [0.15, 0.2) is 23.1 Å². The number of aromatic amines is 1. The maximum atomic E-state index is 13.0. The Kier molecular flexibility index (Phi) is 3.87. The first kappa shape index (κ1) is 14.6. The average Bonchev–Trinajstić information content (AvgIpc) is 2.71. The molecule has 8 heteroatoms.